The molecule has 0 aliphatic heterocycles. The SMILES string of the molecule is CCCCCCC/C=C\C/C=C\CCCCCCCCCCCCCC(=O)OCC(COC(=O)CCCCCCCCCCC)OC(=O)CCCCCCCCC/C=C\CCCCCCCC. The molecule has 6 heteroatoms. The molecule has 0 N–H and O–H groups in total. The Labute approximate surface area is 416 Å². The zero-order valence-electron chi connectivity index (χ0n) is 44.9. The summed E-state index contributed by atoms with van der Waals surface area (Å²) in [5.41, 5.74) is 0. The van der Waals surface area contributed by atoms with Crippen molar-refractivity contribution in [2.75, 3.05) is 13.2 Å². The zero-order chi connectivity index (χ0) is 48.6. The van der Waals surface area contributed by atoms with E-state index in [0.717, 1.165) is 64.2 Å². The van der Waals surface area contributed by atoms with Gasteiger partial charge in [0.2, 0.25) is 0 Å². The highest BCUT2D eigenvalue weighted by Crippen LogP contribution is 2.16. The molecule has 0 saturated carbocycles. The van der Waals surface area contributed by atoms with Crippen molar-refractivity contribution in [3.63, 3.8) is 0 Å². The second kappa shape index (κ2) is 56.2. The van der Waals surface area contributed by atoms with Crippen molar-refractivity contribution in [3.8, 4) is 0 Å². The molecule has 0 heterocycles. The summed E-state index contributed by atoms with van der Waals surface area (Å²) in [5.74, 6) is -0.864. The minimum absolute atomic E-state index is 0.0711. The summed E-state index contributed by atoms with van der Waals surface area (Å²) in [4.78, 5) is 38.1. The number of rotatable bonds is 54. The van der Waals surface area contributed by atoms with Gasteiger partial charge in [-0.2, -0.15) is 0 Å². The molecule has 1 atom stereocenters. The van der Waals surface area contributed by atoms with Gasteiger partial charge in [-0.15, -0.1) is 0 Å². The predicted molar refractivity (Wildman–Crippen MR) is 289 cm³/mol. The number of allylic oxidation sites excluding steroid dienone is 6. The summed E-state index contributed by atoms with van der Waals surface area (Å²) in [6, 6.07) is 0. The van der Waals surface area contributed by atoms with Gasteiger partial charge in [0.25, 0.3) is 0 Å². The van der Waals surface area contributed by atoms with Crippen LogP contribution in [0.2, 0.25) is 0 Å². The Balaban J connectivity index is 4.22. The number of hydrogen-bond donors (Lipinski definition) is 0. The van der Waals surface area contributed by atoms with Gasteiger partial charge >= 0.3 is 17.9 Å². The highest BCUT2D eigenvalue weighted by molar-refractivity contribution is 5.71. The molecule has 0 aliphatic rings. The first-order valence-electron chi connectivity index (χ1n) is 29.5. The first kappa shape index (κ1) is 64.6. The van der Waals surface area contributed by atoms with E-state index >= 15 is 0 Å². The summed E-state index contributed by atoms with van der Waals surface area (Å²) in [6.45, 7) is 6.64. The maximum atomic E-state index is 12.8. The molecule has 6 nitrogen and oxygen atoms in total. The molecule has 0 aromatic rings. The Hall–Kier alpha value is -2.37. The quantitative estimate of drug-likeness (QED) is 0.0262. The molecule has 0 aromatic carbocycles. The minimum atomic E-state index is -0.771. The van der Waals surface area contributed by atoms with Crippen molar-refractivity contribution in [1.29, 1.82) is 0 Å². The average molecular weight is 942 g/mol. The number of hydrogen-bond acceptors (Lipinski definition) is 6. The van der Waals surface area contributed by atoms with Crippen molar-refractivity contribution in [1.82, 2.24) is 0 Å². The van der Waals surface area contributed by atoms with Crippen LogP contribution >= 0.6 is 0 Å². The molecule has 0 radical (unpaired) electrons. The third-order valence-electron chi connectivity index (χ3n) is 13.1. The van der Waals surface area contributed by atoms with E-state index in [1.165, 1.54) is 212 Å². The minimum Gasteiger partial charge on any atom is -0.462 e. The summed E-state index contributed by atoms with van der Waals surface area (Å²) in [6.07, 6.45) is 67.2. The van der Waals surface area contributed by atoms with E-state index in [9.17, 15) is 14.4 Å². The van der Waals surface area contributed by atoms with Crippen LogP contribution in [0.15, 0.2) is 36.5 Å². The highest BCUT2D eigenvalue weighted by atomic mass is 16.6. The lowest BCUT2D eigenvalue weighted by molar-refractivity contribution is -0.167. The van der Waals surface area contributed by atoms with Crippen LogP contribution in [0.4, 0.5) is 0 Å². The van der Waals surface area contributed by atoms with Gasteiger partial charge < -0.3 is 14.2 Å². The Kier molecular flexibility index (Phi) is 54.2. The summed E-state index contributed by atoms with van der Waals surface area (Å²) >= 11 is 0. The molecule has 0 saturated heterocycles. The number of carbonyl (C=O) groups is 3. The van der Waals surface area contributed by atoms with Gasteiger partial charge in [0.05, 0.1) is 0 Å². The van der Waals surface area contributed by atoms with E-state index < -0.39 is 6.10 Å². The van der Waals surface area contributed by atoms with E-state index in [-0.39, 0.29) is 31.1 Å². The van der Waals surface area contributed by atoms with Crippen LogP contribution in [0.5, 0.6) is 0 Å². The molecule has 0 aromatic heterocycles. The van der Waals surface area contributed by atoms with Gasteiger partial charge in [0, 0.05) is 19.3 Å². The van der Waals surface area contributed by atoms with Gasteiger partial charge in [-0.1, -0.05) is 256 Å². The number of ether oxygens (including phenoxy) is 3. The lowest BCUT2D eigenvalue weighted by Gasteiger charge is -2.18. The van der Waals surface area contributed by atoms with Gasteiger partial charge in [0.1, 0.15) is 13.2 Å². The molecule has 67 heavy (non-hydrogen) atoms. The fourth-order valence-corrected chi connectivity index (χ4v) is 8.65. The van der Waals surface area contributed by atoms with Crippen molar-refractivity contribution in [2.24, 2.45) is 0 Å². The molecule has 1 unspecified atom stereocenters. The van der Waals surface area contributed by atoms with Crippen molar-refractivity contribution < 1.29 is 28.6 Å². The van der Waals surface area contributed by atoms with Crippen LogP contribution in [0.25, 0.3) is 0 Å². The lowest BCUT2D eigenvalue weighted by Crippen LogP contribution is -2.30. The number of esters is 3. The molecule has 392 valence electrons. The molecule has 0 rings (SSSR count). The molecule has 0 amide bonds. The average Bonchev–Trinajstić information content (AvgIpc) is 3.33. The maximum absolute atomic E-state index is 12.8. The summed E-state index contributed by atoms with van der Waals surface area (Å²) < 4.78 is 16.8. The highest BCUT2D eigenvalue weighted by Gasteiger charge is 2.19. The Morgan fingerprint density at radius 1 is 0.299 bits per heavy atom. The molecule has 0 fully saturated rings. The van der Waals surface area contributed by atoms with E-state index in [1.807, 2.05) is 0 Å². The summed E-state index contributed by atoms with van der Waals surface area (Å²) in [5, 5.41) is 0. The lowest BCUT2D eigenvalue weighted by atomic mass is 10.0. The van der Waals surface area contributed by atoms with Crippen LogP contribution in [-0.4, -0.2) is 37.2 Å². The van der Waals surface area contributed by atoms with Crippen LogP contribution < -0.4 is 0 Å². The van der Waals surface area contributed by atoms with E-state index in [0.29, 0.717) is 19.3 Å². The number of unbranched alkanes of at least 4 members (excludes halogenated alkanes) is 37. The second-order valence-electron chi connectivity index (χ2n) is 19.9. The Morgan fingerprint density at radius 2 is 0.537 bits per heavy atom. The van der Waals surface area contributed by atoms with Crippen molar-refractivity contribution >= 4 is 17.9 Å². The first-order valence-corrected chi connectivity index (χ1v) is 29.5. The van der Waals surface area contributed by atoms with Crippen molar-refractivity contribution in [2.45, 2.75) is 322 Å². The molecule has 0 bridgehead atoms. The third-order valence-corrected chi connectivity index (χ3v) is 13.1. The maximum Gasteiger partial charge on any atom is 0.306 e. The van der Waals surface area contributed by atoms with Crippen LogP contribution in [0, 0.1) is 0 Å². The molecule has 0 spiro atoms. The second-order valence-corrected chi connectivity index (χ2v) is 19.9. The fourth-order valence-electron chi connectivity index (χ4n) is 8.65. The monoisotopic (exact) mass is 941 g/mol. The van der Waals surface area contributed by atoms with E-state index in [1.54, 1.807) is 0 Å². The van der Waals surface area contributed by atoms with Gasteiger partial charge in [-0.25, -0.2) is 0 Å². The standard InChI is InChI=1S/C61H112O6/c1-4-7-10-13-16-19-21-23-25-27-28-29-30-31-32-34-35-37-39-42-45-48-51-54-60(63)66-57-58(56-65-59(62)53-50-47-44-41-18-15-12-9-6-3)67-61(64)55-52-49-46-43-40-38-36-33-26-24-22-20-17-14-11-8-5-2/h21,23-24,26-28,58H,4-20,22,25,29-57H2,1-3H3/b23-21-,26-24-,28-27-. The van der Waals surface area contributed by atoms with E-state index in [4.69, 9.17) is 14.2 Å². The van der Waals surface area contributed by atoms with E-state index in [2.05, 4.69) is 57.2 Å². The predicted octanol–water partition coefficient (Wildman–Crippen LogP) is 19.7. The van der Waals surface area contributed by atoms with Gasteiger partial charge in [-0.05, 0) is 77.0 Å². The van der Waals surface area contributed by atoms with Crippen molar-refractivity contribution in [3.05, 3.63) is 36.5 Å². The largest absolute Gasteiger partial charge is 0.462 e. The van der Waals surface area contributed by atoms with Crippen LogP contribution in [-0.2, 0) is 28.6 Å². The molecular weight excluding hydrogens is 829 g/mol. The smallest absolute Gasteiger partial charge is 0.306 e. The normalized spacial score (nSPS) is 12.2. The van der Waals surface area contributed by atoms with Crippen LogP contribution in [0.3, 0.4) is 0 Å². The first-order chi connectivity index (χ1) is 33.0. The number of carbonyl (C=O) groups excluding carboxylic acids is 3. The third kappa shape index (κ3) is 54.4. The van der Waals surface area contributed by atoms with Gasteiger partial charge in [-0.3, -0.25) is 14.4 Å². The molecule has 0 aliphatic carbocycles. The van der Waals surface area contributed by atoms with Gasteiger partial charge in [0.15, 0.2) is 6.10 Å². The summed E-state index contributed by atoms with van der Waals surface area (Å²) in [7, 11) is 0. The fraction of sp³-hybridized carbons (Fsp3) is 0.852. The Bertz CT molecular complexity index is 1130. The topological polar surface area (TPSA) is 78.9 Å². The van der Waals surface area contributed by atoms with Crippen LogP contribution in [0.1, 0.15) is 316 Å². The Morgan fingerprint density at radius 3 is 0.836 bits per heavy atom. The molecular formula is C61H112O6. The zero-order valence-corrected chi connectivity index (χ0v) is 44.9.